The Balaban J connectivity index is 1.30. The molecular formula is C34H39ClFN5O5S. The zero-order chi connectivity index (χ0) is 33.3. The molecule has 250 valence electrons. The number of sulfonamides is 1. The van der Waals surface area contributed by atoms with E-state index in [4.69, 9.17) is 26.1 Å². The molecule has 4 aromatic rings. The summed E-state index contributed by atoms with van der Waals surface area (Å²) >= 11 is 6.21. The van der Waals surface area contributed by atoms with Gasteiger partial charge in [-0.15, -0.1) is 0 Å². The smallest absolute Gasteiger partial charge is 0.265 e. The molecule has 0 saturated carbocycles. The highest BCUT2D eigenvalue weighted by atomic mass is 35.5. The minimum Gasteiger partial charge on any atom is -0.489 e. The third-order valence-electron chi connectivity index (χ3n) is 8.91. The number of hydrogen-bond acceptors (Lipinski definition) is 9. The zero-order valence-corrected chi connectivity index (χ0v) is 28.2. The van der Waals surface area contributed by atoms with Gasteiger partial charge in [-0.05, 0) is 78.8 Å². The molecule has 0 unspecified atom stereocenters. The Morgan fingerprint density at radius 3 is 2.66 bits per heavy atom. The van der Waals surface area contributed by atoms with Crippen molar-refractivity contribution in [1.29, 1.82) is 0 Å². The van der Waals surface area contributed by atoms with Crippen LogP contribution in [0.2, 0.25) is 5.02 Å². The van der Waals surface area contributed by atoms with Crippen LogP contribution in [0.3, 0.4) is 0 Å². The second kappa shape index (κ2) is 13.9. The van der Waals surface area contributed by atoms with E-state index < -0.39 is 21.9 Å². The first-order chi connectivity index (χ1) is 22.6. The van der Waals surface area contributed by atoms with Crippen LogP contribution in [-0.2, 0) is 27.6 Å². The number of anilines is 2. The van der Waals surface area contributed by atoms with Crippen LogP contribution in [0.5, 0.6) is 5.75 Å². The van der Waals surface area contributed by atoms with Gasteiger partial charge in [0, 0.05) is 60.5 Å². The summed E-state index contributed by atoms with van der Waals surface area (Å²) in [5.74, 6) is 0.145. The number of aromatic nitrogens is 2. The van der Waals surface area contributed by atoms with Gasteiger partial charge in [0.15, 0.2) is 0 Å². The van der Waals surface area contributed by atoms with Gasteiger partial charge in [0.1, 0.15) is 29.2 Å². The molecule has 0 bridgehead atoms. The number of methoxy groups -OCH3 is 1. The van der Waals surface area contributed by atoms with Crippen LogP contribution in [0.4, 0.5) is 16.0 Å². The van der Waals surface area contributed by atoms with Gasteiger partial charge < -0.3 is 24.8 Å². The van der Waals surface area contributed by atoms with E-state index in [1.807, 2.05) is 26.0 Å². The van der Waals surface area contributed by atoms with Crippen LogP contribution in [-0.4, -0.2) is 74.4 Å². The lowest BCUT2D eigenvalue weighted by Crippen LogP contribution is -2.40. The fourth-order valence-corrected chi connectivity index (χ4v) is 8.03. The van der Waals surface area contributed by atoms with E-state index in [0.717, 1.165) is 55.5 Å². The molecule has 0 amide bonds. The second-order valence-corrected chi connectivity index (χ2v) is 14.0. The molecule has 0 aliphatic carbocycles. The van der Waals surface area contributed by atoms with Crippen molar-refractivity contribution in [3.63, 3.8) is 0 Å². The maximum Gasteiger partial charge on any atom is 0.265 e. The lowest BCUT2D eigenvalue weighted by molar-refractivity contribution is 0.132. The summed E-state index contributed by atoms with van der Waals surface area (Å²) in [6, 6.07) is 9.48. The first-order valence-electron chi connectivity index (χ1n) is 15.9. The molecule has 2 aliphatic rings. The number of ether oxygens (including phenoxy) is 2. The largest absolute Gasteiger partial charge is 0.489 e. The summed E-state index contributed by atoms with van der Waals surface area (Å²) in [7, 11) is -2.51. The number of hydrogen-bond donors (Lipinski definition) is 3. The molecule has 0 spiro atoms. The number of aliphatic hydroxyl groups excluding tert-OH is 1. The van der Waals surface area contributed by atoms with Gasteiger partial charge in [-0.3, -0.25) is 4.72 Å². The molecule has 0 radical (unpaired) electrons. The normalized spacial score (nSPS) is 17.1. The summed E-state index contributed by atoms with van der Waals surface area (Å²) in [5, 5.41) is 14.7. The molecule has 10 nitrogen and oxygen atoms in total. The molecule has 6 rings (SSSR count). The summed E-state index contributed by atoms with van der Waals surface area (Å²) in [6.07, 6.45) is 3.74. The van der Waals surface area contributed by atoms with Crippen molar-refractivity contribution < 1.29 is 27.4 Å². The van der Waals surface area contributed by atoms with Gasteiger partial charge in [-0.2, -0.15) is 0 Å². The average Bonchev–Trinajstić information content (AvgIpc) is 3.43. The lowest BCUT2D eigenvalue weighted by Gasteiger charge is -2.32. The summed E-state index contributed by atoms with van der Waals surface area (Å²) in [5.41, 5.74) is 3.65. The lowest BCUT2D eigenvalue weighted by atomic mass is 9.93. The highest BCUT2D eigenvalue weighted by Crippen LogP contribution is 2.42. The van der Waals surface area contributed by atoms with Gasteiger partial charge in [-0.1, -0.05) is 25.4 Å². The van der Waals surface area contributed by atoms with Crippen LogP contribution in [0.15, 0.2) is 47.5 Å². The molecule has 1 aromatic heterocycles. The predicted octanol–water partition coefficient (Wildman–Crippen LogP) is 5.96. The SMILES string of the molecule is CCc1c(NS(=O)(=O)c2cc(Cl)cc3c2OC[C@H]3O)ccc(F)c1-c1cc(CC)c2nc(NC3CCN(CCOC)CC3)ncc2c1. The Kier molecular flexibility index (Phi) is 9.86. The maximum atomic E-state index is 15.7. The Hall–Kier alpha value is -3.55. The third kappa shape index (κ3) is 6.88. The minimum atomic E-state index is -4.23. The van der Waals surface area contributed by atoms with Crippen molar-refractivity contribution in [1.82, 2.24) is 14.9 Å². The second-order valence-electron chi connectivity index (χ2n) is 11.9. The van der Waals surface area contributed by atoms with Gasteiger partial charge in [0.05, 0.1) is 17.8 Å². The number of likely N-dealkylation sites (tertiary alicyclic amines) is 1. The molecule has 3 heterocycles. The van der Waals surface area contributed by atoms with Crippen molar-refractivity contribution in [2.24, 2.45) is 0 Å². The molecule has 3 N–H and O–H groups in total. The Morgan fingerprint density at radius 1 is 1.15 bits per heavy atom. The van der Waals surface area contributed by atoms with Crippen LogP contribution in [0.1, 0.15) is 49.5 Å². The summed E-state index contributed by atoms with van der Waals surface area (Å²) in [4.78, 5) is 11.7. The number of nitrogens with one attached hydrogen (secondary N) is 2. The van der Waals surface area contributed by atoms with Gasteiger partial charge in [-0.25, -0.2) is 22.8 Å². The van der Waals surface area contributed by atoms with Crippen LogP contribution < -0.4 is 14.8 Å². The van der Waals surface area contributed by atoms with Crippen LogP contribution >= 0.6 is 11.6 Å². The number of aliphatic hydroxyl groups is 1. The number of aryl methyl sites for hydroxylation is 1. The van der Waals surface area contributed by atoms with Gasteiger partial charge in [0.25, 0.3) is 10.0 Å². The van der Waals surface area contributed by atoms with Crippen LogP contribution in [0.25, 0.3) is 22.0 Å². The number of piperidine rings is 1. The fourth-order valence-electron chi connectivity index (χ4n) is 6.44. The number of nitrogens with zero attached hydrogens (tertiary/aromatic N) is 3. The molecule has 1 atom stereocenters. The predicted molar refractivity (Wildman–Crippen MR) is 181 cm³/mol. The standard InChI is InChI=1S/C34H39ClFN5O5S/c1-4-20-14-21(15-22-18-37-34(39-32(20)22)38-24-8-10-41(11-9-24)12-13-45-3)31-25(5-2)28(7-6-27(31)36)40-47(43,44)30-17-23(35)16-26-29(42)19-46-33(26)30/h6-7,14-18,24,29,40,42H,4-5,8-13,19H2,1-3H3,(H,37,38,39)/t29-/m1/s1. The highest BCUT2D eigenvalue weighted by Gasteiger charge is 2.32. The van der Waals surface area contributed by atoms with Crippen molar-refractivity contribution in [2.45, 2.75) is 56.6 Å². The Bertz CT molecular complexity index is 1900. The van der Waals surface area contributed by atoms with Crippen molar-refractivity contribution in [2.75, 3.05) is 50.0 Å². The van der Waals surface area contributed by atoms with Crippen LogP contribution in [0, 0.1) is 5.82 Å². The topological polar surface area (TPSA) is 126 Å². The van der Waals surface area contributed by atoms with E-state index in [2.05, 4.69) is 19.9 Å². The Morgan fingerprint density at radius 2 is 1.94 bits per heavy atom. The summed E-state index contributed by atoms with van der Waals surface area (Å²) in [6.45, 7) is 7.41. The first-order valence-corrected chi connectivity index (χ1v) is 17.7. The molecule has 1 fully saturated rings. The van der Waals surface area contributed by atoms with E-state index in [1.54, 1.807) is 13.3 Å². The number of rotatable bonds is 11. The zero-order valence-electron chi connectivity index (χ0n) is 26.6. The van der Waals surface area contributed by atoms with E-state index in [1.165, 1.54) is 24.3 Å². The monoisotopic (exact) mass is 683 g/mol. The number of fused-ring (bicyclic) bond motifs is 2. The first kappa shape index (κ1) is 33.4. The van der Waals surface area contributed by atoms with E-state index in [-0.39, 0.29) is 34.0 Å². The average molecular weight is 684 g/mol. The molecule has 3 aromatic carbocycles. The number of benzene rings is 3. The van der Waals surface area contributed by atoms with E-state index in [0.29, 0.717) is 41.0 Å². The third-order valence-corrected chi connectivity index (χ3v) is 10.5. The van der Waals surface area contributed by atoms with E-state index >= 15 is 4.39 Å². The van der Waals surface area contributed by atoms with Crippen molar-refractivity contribution in [3.8, 4) is 16.9 Å². The van der Waals surface area contributed by atoms with E-state index in [9.17, 15) is 13.5 Å². The molecule has 2 aliphatic heterocycles. The van der Waals surface area contributed by atoms with Crippen molar-refractivity contribution >= 4 is 44.2 Å². The number of halogens is 2. The Labute approximate surface area is 279 Å². The van der Waals surface area contributed by atoms with Gasteiger partial charge >= 0.3 is 0 Å². The summed E-state index contributed by atoms with van der Waals surface area (Å²) < 4.78 is 56.4. The highest BCUT2D eigenvalue weighted by molar-refractivity contribution is 7.92. The molecule has 47 heavy (non-hydrogen) atoms. The van der Waals surface area contributed by atoms with Crippen molar-refractivity contribution in [3.05, 3.63) is 70.1 Å². The quantitative estimate of drug-likeness (QED) is 0.176. The minimum absolute atomic E-state index is 0.0540. The molecular weight excluding hydrogens is 645 g/mol. The fraction of sp³-hybridized carbons (Fsp3) is 0.412. The molecule has 1 saturated heterocycles. The molecule has 13 heteroatoms. The maximum absolute atomic E-state index is 15.7. The van der Waals surface area contributed by atoms with Gasteiger partial charge in [0.2, 0.25) is 5.95 Å².